The van der Waals surface area contributed by atoms with Gasteiger partial charge in [-0.15, -0.1) is 0 Å². The van der Waals surface area contributed by atoms with E-state index in [0.717, 1.165) is 0 Å². The van der Waals surface area contributed by atoms with Crippen molar-refractivity contribution in [3.05, 3.63) is 92.5 Å². The van der Waals surface area contributed by atoms with Gasteiger partial charge in [-0.05, 0) is 80.3 Å². The molecule has 158 valence electrons. The Kier molecular flexibility index (Phi) is 4.54. The predicted octanol–water partition coefficient (Wildman–Crippen LogP) is 4.49. The molecule has 0 atom stereocenters. The van der Waals surface area contributed by atoms with Crippen LogP contribution in [0.1, 0.15) is 59.7 Å². The predicted molar refractivity (Wildman–Crippen MR) is 114 cm³/mol. The highest BCUT2D eigenvalue weighted by molar-refractivity contribution is 5.98. The molecule has 6 nitrogen and oxygen atoms in total. The molecule has 0 saturated carbocycles. The number of phenolic OH excluding ortho intramolecular Hbond substituents is 2. The van der Waals surface area contributed by atoms with Crippen molar-refractivity contribution in [1.82, 2.24) is 0 Å². The van der Waals surface area contributed by atoms with Crippen LogP contribution in [-0.4, -0.2) is 27.3 Å². The van der Waals surface area contributed by atoms with Crippen molar-refractivity contribution in [2.24, 2.45) is 0 Å². The van der Waals surface area contributed by atoms with Crippen LogP contribution < -0.4 is 0 Å². The zero-order chi connectivity index (χ0) is 22.7. The summed E-state index contributed by atoms with van der Waals surface area (Å²) in [6.07, 6.45) is 0. The molecule has 3 aromatic rings. The Morgan fingerprint density at radius 2 is 1.29 bits per heavy atom. The normalized spacial score (nSPS) is 14.3. The molecule has 1 heterocycles. The van der Waals surface area contributed by atoms with E-state index < -0.39 is 17.5 Å². The van der Waals surface area contributed by atoms with Gasteiger partial charge in [0.05, 0.1) is 11.1 Å². The lowest BCUT2D eigenvalue weighted by molar-refractivity contribution is 0.0248. The maximum Gasteiger partial charge on any atom is 0.340 e. The minimum atomic E-state index is -1.43. The molecule has 6 heteroatoms. The maximum atomic E-state index is 13.0. The van der Waals surface area contributed by atoms with Gasteiger partial charge in [-0.2, -0.15) is 0 Å². The number of aromatic hydroxyl groups is 2. The van der Waals surface area contributed by atoms with Crippen LogP contribution in [0.4, 0.5) is 0 Å². The molecule has 0 aliphatic carbocycles. The van der Waals surface area contributed by atoms with Crippen LogP contribution in [0, 0.1) is 27.7 Å². The largest absolute Gasteiger partial charge is 0.508 e. The molecule has 0 radical (unpaired) electrons. The fourth-order valence-electron chi connectivity index (χ4n) is 4.32. The van der Waals surface area contributed by atoms with Gasteiger partial charge in [0.15, 0.2) is 5.60 Å². The van der Waals surface area contributed by atoms with Crippen LogP contribution >= 0.6 is 0 Å². The number of carbonyl (C=O) groups excluding carboxylic acids is 1. The topological polar surface area (TPSA) is 104 Å². The van der Waals surface area contributed by atoms with Gasteiger partial charge in [-0.3, -0.25) is 0 Å². The average Bonchev–Trinajstić information content (AvgIpc) is 3.03. The highest BCUT2D eigenvalue weighted by Gasteiger charge is 2.50. The zero-order valence-electron chi connectivity index (χ0n) is 17.6. The molecule has 31 heavy (non-hydrogen) atoms. The number of carboxylic acid groups (broad SMARTS) is 1. The number of hydrogen-bond donors (Lipinski definition) is 3. The van der Waals surface area contributed by atoms with E-state index in [4.69, 9.17) is 4.74 Å². The molecule has 0 bridgehead atoms. The number of carboxylic acids is 1. The summed E-state index contributed by atoms with van der Waals surface area (Å²) in [6.45, 7) is 7.17. The Balaban J connectivity index is 2.18. The number of ether oxygens (including phenoxy) is 1. The molecule has 1 aliphatic rings. The summed E-state index contributed by atoms with van der Waals surface area (Å²) in [5, 5.41) is 30.0. The first kappa shape index (κ1) is 20.5. The summed E-state index contributed by atoms with van der Waals surface area (Å²) in [5.74, 6) is -1.46. The minimum Gasteiger partial charge on any atom is -0.508 e. The number of carbonyl (C=O) groups is 2. The summed E-state index contributed by atoms with van der Waals surface area (Å²) >= 11 is 0. The van der Waals surface area contributed by atoms with Gasteiger partial charge >= 0.3 is 11.9 Å². The second kappa shape index (κ2) is 6.87. The molecule has 0 spiro atoms. The zero-order valence-corrected chi connectivity index (χ0v) is 17.6. The van der Waals surface area contributed by atoms with Crippen molar-refractivity contribution in [2.45, 2.75) is 33.3 Å². The summed E-state index contributed by atoms with van der Waals surface area (Å²) in [6, 6.07) is 10.8. The maximum absolute atomic E-state index is 13.0. The third-order valence-electron chi connectivity index (χ3n) is 6.39. The number of cyclic esters (lactones) is 1. The van der Waals surface area contributed by atoms with Crippen LogP contribution in [-0.2, 0) is 10.3 Å². The third-order valence-corrected chi connectivity index (χ3v) is 6.39. The van der Waals surface area contributed by atoms with E-state index in [2.05, 4.69) is 0 Å². The van der Waals surface area contributed by atoms with Crippen molar-refractivity contribution in [1.29, 1.82) is 0 Å². The quantitative estimate of drug-likeness (QED) is 0.542. The van der Waals surface area contributed by atoms with Crippen LogP contribution in [0.3, 0.4) is 0 Å². The Hall–Kier alpha value is -3.80. The molecule has 3 N–H and O–H groups in total. The Morgan fingerprint density at radius 3 is 1.77 bits per heavy atom. The standard InChI is InChI=1S/C25H22O6/c1-12-14(3)21(26)9-7-18(12)25(19-8-10-22(27)15(4)13(19)2)20-11-16(23(28)29)5-6-17(20)24(30)31-25/h5-11,26-27H,1-4H3,(H,28,29). The second-order valence-corrected chi connectivity index (χ2v) is 7.90. The highest BCUT2D eigenvalue weighted by Crippen LogP contribution is 2.51. The van der Waals surface area contributed by atoms with Crippen molar-refractivity contribution >= 4 is 11.9 Å². The molecular weight excluding hydrogens is 396 g/mol. The number of aromatic carboxylic acids is 1. The molecule has 1 aliphatic heterocycles. The summed E-state index contributed by atoms with van der Waals surface area (Å²) in [4.78, 5) is 24.7. The first-order chi connectivity index (χ1) is 14.6. The minimum absolute atomic E-state index is 0.0303. The van der Waals surface area contributed by atoms with Crippen molar-refractivity contribution in [3.8, 4) is 11.5 Å². The summed E-state index contributed by atoms with van der Waals surface area (Å²) < 4.78 is 6.08. The Morgan fingerprint density at radius 1 is 0.774 bits per heavy atom. The first-order valence-electron chi connectivity index (χ1n) is 9.80. The van der Waals surface area contributed by atoms with Crippen LogP contribution in [0.2, 0.25) is 0 Å². The van der Waals surface area contributed by atoms with Gasteiger partial charge in [-0.25, -0.2) is 9.59 Å². The molecule has 0 saturated heterocycles. The number of phenols is 2. The molecule has 0 unspecified atom stereocenters. The molecule has 0 aromatic heterocycles. The molecule has 0 fully saturated rings. The Labute approximate surface area is 179 Å². The van der Waals surface area contributed by atoms with E-state index in [0.29, 0.717) is 38.9 Å². The van der Waals surface area contributed by atoms with Gasteiger partial charge in [-0.1, -0.05) is 12.1 Å². The van der Waals surface area contributed by atoms with Crippen LogP contribution in [0.25, 0.3) is 0 Å². The van der Waals surface area contributed by atoms with E-state index in [1.165, 1.54) is 30.3 Å². The second-order valence-electron chi connectivity index (χ2n) is 7.90. The average molecular weight is 418 g/mol. The van der Waals surface area contributed by atoms with Gasteiger partial charge in [0.1, 0.15) is 11.5 Å². The van der Waals surface area contributed by atoms with Gasteiger partial charge in [0.2, 0.25) is 0 Å². The molecule has 0 amide bonds. The number of hydrogen-bond acceptors (Lipinski definition) is 5. The summed E-state index contributed by atoms with van der Waals surface area (Å²) in [5.41, 5.74) is 3.21. The van der Waals surface area contributed by atoms with Crippen molar-refractivity contribution < 1.29 is 29.6 Å². The Bertz CT molecular complexity index is 1210. The lowest BCUT2D eigenvalue weighted by Crippen LogP contribution is -2.32. The van der Waals surface area contributed by atoms with Crippen molar-refractivity contribution in [3.63, 3.8) is 0 Å². The number of esters is 1. The number of benzene rings is 3. The lowest BCUT2D eigenvalue weighted by Gasteiger charge is -2.34. The monoisotopic (exact) mass is 418 g/mol. The fraction of sp³-hybridized carbons (Fsp3) is 0.200. The van der Waals surface area contributed by atoms with Crippen LogP contribution in [0.5, 0.6) is 11.5 Å². The summed E-state index contributed by atoms with van der Waals surface area (Å²) in [7, 11) is 0. The molecule has 4 rings (SSSR count). The number of fused-ring (bicyclic) bond motifs is 1. The van der Waals surface area contributed by atoms with Crippen LogP contribution in [0.15, 0.2) is 42.5 Å². The SMILES string of the molecule is Cc1c(O)ccc(C2(c3ccc(O)c(C)c3C)OC(=O)c3ccc(C(=O)O)cc32)c1C. The van der Waals surface area contributed by atoms with Gasteiger partial charge in [0.25, 0.3) is 0 Å². The van der Waals surface area contributed by atoms with E-state index in [1.807, 2.05) is 13.8 Å². The van der Waals surface area contributed by atoms with Gasteiger partial charge < -0.3 is 20.1 Å². The van der Waals surface area contributed by atoms with E-state index in [-0.39, 0.29) is 22.6 Å². The van der Waals surface area contributed by atoms with Gasteiger partial charge in [0, 0.05) is 16.7 Å². The molecule has 3 aromatic carbocycles. The molecular formula is C25H22O6. The third kappa shape index (κ3) is 2.79. The smallest absolute Gasteiger partial charge is 0.340 e. The van der Waals surface area contributed by atoms with E-state index in [1.54, 1.807) is 26.0 Å². The van der Waals surface area contributed by atoms with E-state index in [9.17, 15) is 24.9 Å². The van der Waals surface area contributed by atoms with E-state index >= 15 is 0 Å². The van der Waals surface area contributed by atoms with Crippen molar-refractivity contribution in [2.75, 3.05) is 0 Å². The first-order valence-corrected chi connectivity index (χ1v) is 9.80. The fourth-order valence-corrected chi connectivity index (χ4v) is 4.32. The number of rotatable bonds is 3. The lowest BCUT2D eigenvalue weighted by atomic mass is 9.75. The highest BCUT2D eigenvalue weighted by atomic mass is 16.6.